The number of hydrogen-bond acceptors (Lipinski definition) is 5. The third kappa shape index (κ3) is 4.97. The number of alkyl halides is 3. The zero-order chi connectivity index (χ0) is 31.6. The summed E-state index contributed by atoms with van der Waals surface area (Å²) >= 11 is 6.41. The van der Waals surface area contributed by atoms with Gasteiger partial charge in [-0.3, -0.25) is 9.59 Å². The summed E-state index contributed by atoms with van der Waals surface area (Å²) in [5, 5.41) is 13.5. The molecule has 6 rings (SSSR count). The quantitative estimate of drug-likeness (QED) is 0.351. The maximum Gasteiger partial charge on any atom is 0.398 e. The molecule has 3 aliphatic rings. The van der Waals surface area contributed by atoms with Crippen LogP contribution in [-0.2, 0) is 27.8 Å². The van der Waals surface area contributed by atoms with Crippen molar-refractivity contribution in [3.63, 3.8) is 0 Å². The van der Waals surface area contributed by atoms with Gasteiger partial charge in [0.05, 0.1) is 39.1 Å². The number of halogens is 5. The molecule has 2 heterocycles. The lowest BCUT2D eigenvalue weighted by atomic mass is 9.84. The number of benzene rings is 2. The summed E-state index contributed by atoms with van der Waals surface area (Å²) in [6, 6.07) is 7.22. The van der Waals surface area contributed by atoms with Gasteiger partial charge in [-0.25, -0.2) is 9.18 Å². The number of nitrogens with zero attached hydrogens (tertiary/aromatic N) is 3. The van der Waals surface area contributed by atoms with Gasteiger partial charge in [-0.15, -0.1) is 0 Å². The van der Waals surface area contributed by atoms with Gasteiger partial charge in [0.2, 0.25) is 5.91 Å². The minimum atomic E-state index is -4.62. The number of hydrogen-bond donors (Lipinski definition) is 1. The first-order valence-corrected chi connectivity index (χ1v) is 14.6. The largest absolute Gasteiger partial charge is 0.478 e. The minimum absolute atomic E-state index is 0.0417. The molecule has 1 unspecified atom stereocenters. The second kappa shape index (κ2) is 11.0. The Bertz CT molecular complexity index is 1680. The molecule has 2 fully saturated rings. The fraction of sp³-hybridized carbons (Fsp3) is 0.419. The molecule has 0 spiro atoms. The van der Waals surface area contributed by atoms with Gasteiger partial charge >= 0.3 is 12.1 Å². The standard InChI is InChI=1S/C31H28ClF4N3O5/c1-44-18-9-12-38(15-18)27(40)16-5-8-20-24(14-16)39(37-26(20)19-7-6-17(29(42)43)13-23(19)33)28(41)25-21(3-2-4-22(25)32)30(10-11-30)31(34,35)36/h2-4,6-7,13,16,18H,5,8-12,14-15H2,1H3,(H,42,43)/t16?,18-/m1/s1. The monoisotopic (exact) mass is 633 g/mol. The average Bonchev–Trinajstić information content (AvgIpc) is 3.54. The first-order valence-electron chi connectivity index (χ1n) is 14.2. The predicted molar refractivity (Wildman–Crippen MR) is 150 cm³/mol. The van der Waals surface area contributed by atoms with Gasteiger partial charge in [0, 0.05) is 43.7 Å². The molecule has 3 aromatic rings. The van der Waals surface area contributed by atoms with E-state index in [0.717, 1.165) is 10.7 Å². The number of rotatable bonds is 6. The number of carbonyl (C=O) groups excluding carboxylic acids is 2. The molecular formula is C31H28ClF4N3O5. The Balaban J connectivity index is 1.46. The number of amides is 1. The molecule has 0 bridgehead atoms. The average molecular weight is 634 g/mol. The molecule has 1 amide bonds. The highest BCUT2D eigenvalue weighted by Gasteiger charge is 2.65. The number of carboxylic acid groups (broad SMARTS) is 1. The van der Waals surface area contributed by atoms with E-state index in [2.05, 4.69) is 5.10 Å². The van der Waals surface area contributed by atoms with E-state index in [9.17, 15) is 32.7 Å². The van der Waals surface area contributed by atoms with Crippen LogP contribution in [0.5, 0.6) is 0 Å². The zero-order valence-electron chi connectivity index (χ0n) is 23.6. The van der Waals surface area contributed by atoms with Crippen LogP contribution in [0.3, 0.4) is 0 Å². The van der Waals surface area contributed by atoms with Crippen LogP contribution in [0, 0.1) is 11.7 Å². The number of ether oxygens (including phenoxy) is 1. The summed E-state index contributed by atoms with van der Waals surface area (Å²) in [7, 11) is 1.58. The van der Waals surface area contributed by atoms with Crippen LogP contribution in [0.4, 0.5) is 17.6 Å². The van der Waals surface area contributed by atoms with Crippen molar-refractivity contribution >= 4 is 29.4 Å². The number of likely N-dealkylation sites (tertiary alicyclic amines) is 1. The molecule has 2 aliphatic carbocycles. The van der Waals surface area contributed by atoms with Crippen LogP contribution in [0.25, 0.3) is 11.3 Å². The second-order valence-electron chi connectivity index (χ2n) is 11.6. The van der Waals surface area contributed by atoms with E-state index in [1.54, 1.807) is 12.0 Å². The van der Waals surface area contributed by atoms with Crippen molar-refractivity contribution in [2.75, 3.05) is 20.2 Å². The van der Waals surface area contributed by atoms with E-state index in [1.807, 2.05) is 0 Å². The van der Waals surface area contributed by atoms with E-state index in [1.165, 1.54) is 30.3 Å². The number of fused-ring (bicyclic) bond motifs is 1. The Labute approximate surface area is 254 Å². The molecule has 232 valence electrons. The molecule has 1 saturated heterocycles. The van der Waals surface area contributed by atoms with Gasteiger partial charge in [0.15, 0.2) is 0 Å². The third-order valence-electron chi connectivity index (χ3n) is 9.11. The highest BCUT2D eigenvalue weighted by molar-refractivity contribution is 6.34. The first-order chi connectivity index (χ1) is 20.9. The van der Waals surface area contributed by atoms with Crippen molar-refractivity contribution in [3.05, 3.63) is 75.2 Å². The van der Waals surface area contributed by atoms with Crippen LogP contribution in [0.1, 0.15) is 63.2 Å². The van der Waals surface area contributed by atoms with Gasteiger partial charge < -0.3 is 14.7 Å². The fourth-order valence-electron chi connectivity index (χ4n) is 6.50. The van der Waals surface area contributed by atoms with Gasteiger partial charge in [-0.2, -0.15) is 23.0 Å². The first kappa shape index (κ1) is 30.3. The molecule has 0 radical (unpaired) electrons. The van der Waals surface area contributed by atoms with Gasteiger partial charge in [0.1, 0.15) is 5.82 Å². The normalized spacial score (nSPS) is 20.8. The SMILES string of the molecule is CO[C@@H]1CCN(C(=O)C2CCc3c(-c4ccc(C(=O)O)cc4F)nn(C(=O)c4c(Cl)cccc4C4(C(F)(F)F)CC4)c3C2)C1. The highest BCUT2D eigenvalue weighted by Crippen LogP contribution is 2.60. The van der Waals surface area contributed by atoms with E-state index >= 15 is 4.39 Å². The summed E-state index contributed by atoms with van der Waals surface area (Å²) in [5.74, 6) is -3.83. The second-order valence-corrected chi connectivity index (χ2v) is 12.0. The van der Waals surface area contributed by atoms with Crippen molar-refractivity contribution in [3.8, 4) is 11.3 Å². The highest BCUT2D eigenvalue weighted by atomic mass is 35.5. The number of methoxy groups -OCH3 is 1. The Morgan fingerprint density at radius 3 is 2.50 bits per heavy atom. The van der Waals surface area contributed by atoms with Gasteiger partial charge in [-0.1, -0.05) is 23.7 Å². The van der Waals surface area contributed by atoms with E-state index in [0.29, 0.717) is 31.5 Å². The fourth-order valence-corrected chi connectivity index (χ4v) is 6.76. The third-order valence-corrected chi connectivity index (χ3v) is 9.43. The lowest BCUT2D eigenvalue weighted by Crippen LogP contribution is -2.38. The van der Waals surface area contributed by atoms with Crippen molar-refractivity contribution in [2.24, 2.45) is 5.92 Å². The van der Waals surface area contributed by atoms with Crippen LogP contribution in [-0.4, -0.2) is 70.1 Å². The molecule has 44 heavy (non-hydrogen) atoms. The van der Waals surface area contributed by atoms with Crippen molar-refractivity contribution in [1.29, 1.82) is 0 Å². The summed E-state index contributed by atoms with van der Waals surface area (Å²) in [5.41, 5.74) is -2.38. The molecular weight excluding hydrogens is 606 g/mol. The molecule has 1 saturated carbocycles. The molecule has 13 heteroatoms. The summed E-state index contributed by atoms with van der Waals surface area (Å²) < 4.78 is 64.3. The molecule has 8 nitrogen and oxygen atoms in total. The Morgan fingerprint density at radius 2 is 1.89 bits per heavy atom. The number of carboxylic acids is 1. The Morgan fingerprint density at radius 1 is 1.14 bits per heavy atom. The lowest BCUT2D eigenvalue weighted by Gasteiger charge is -2.27. The zero-order valence-corrected chi connectivity index (χ0v) is 24.3. The number of aromatic carboxylic acids is 1. The van der Waals surface area contributed by atoms with Crippen molar-refractivity contribution < 1.29 is 41.8 Å². The summed E-state index contributed by atoms with van der Waals surface area (Å²) in [6.45, 7) is 0.930. The van der Waals surface area contributed by atoms with Crippen LogP contribution in [0.15, 0.2) is 36.4 Å². The number of carbonyl (C=O) groups is 3. The van der Waals surface area contributed by atoms with E-state index in [-0.39, 0.29) is 76.4 Å². The smallest absolute Gasteiger partial charge is 0.398 e. The topological polar surface area (TPSA) is 102 Å². The van der Waals surface area contributed by atoms with Gasteiger partial charge in [0.25, 0.3) is 5.91 Å². The van der Waals surface area contributed by atoms with Crippen molar-refractivity contribution in [2.45, 2.75) is 56.2 Å². The van der Waals surface area contributed by atoms with Crippen LogP contribution in [0.2, 0.25) is 5.02 Å². The number of aromatic nitrogens is 2. The molecule has 2 atom stereocenters. The van der Waals surface area contributed by atoms with Crippen LogP contribution < -0.4 is 0 Å². The summed E-state index contributed by atoms with van der Waals surface area (Å²) in [4.78, 5) is 40.8. The Hall–Kier alpha value is -3.77. The molecule has 1 aliphatic heterocycles. The van der Waals surface area contributed by atoms with Crippen LogP contribution >= 0.6 is 11.6 Å². The van der Waals surface area contributed by atoms with E-state index < -0.39 is 35.2 Å². The molecule has 2 aromatic carbocycles. The van der Waals surface area contributed by atoms with Crippen molar-refractivity contribution in [1.82, 2.24) is 14.7 Å². The maximum atomic E-state index is 15.3. The molecule has 1 N–H and O–H groups in total. The lowest BCUT2D eigenvalue weighted by molar-refractivity contribution is -0.160. The Kier molecular flexibility index (Phi) is 7.56. The predicted octanol–water partition coefficient (Wildman–Crippen LogP) is 5.68. The minimum Gasteiger partial charge on any atom is -0.478 e. The van der Waals surface area contributed by atoms with E-state index in [4.69, 9.17) is 16.3 Å². The van der Waals surface area contributed by atoms with Gasteiger partial charge in [-0.05, 0) is 61.9 Å². The molecule has 1 aromatic heterocycles. The summed E-state index contributed by atoms with van der Waals surface area (Å²) in [6.07, 6.45) is -3.78. The maximum absolute atomic E-state index is 15.3.